The predicted octanol–water partition coefficient (Wildman–Crippen LogP) is 3.44. The van der Waals surface area contributed by atoms with Gasteiger partial charge in [0.1, 0.15) is 5.69 Å². The lowest BCUT2D eigenvalue weighted by atomic mass is 10.3. The molecular formula is C11H16F3N3S. The van der Waals surface area contributed by atoms with E-state index in [-0.39, 0.29) is 12.0 Å². The molecule has 18 heavy (non-hydrogen) atoms. The Morgan fingerprint density at radius 2 is 2.17 bits per heavy atom. The van der Waals surface area contributed by atoms with Gasteiger partial charge in [0, 0.05) is 12.2 Å². The van der Waals surface area contributed by atoms with Crippen molar-refractivity contribution in [2.45, 2.75) is 32.5 Å². The summed E-state index contributed by atoms with van der Waals surface area (Å²) in [5.41, 5.74) is -0.921. The van der Waals surface area contributed by atoms with Crippen LogP contribution in [-0.4, -0.2) is 27.5 Å². The molecule has 1 unspecified atom stereocenters. The Labute approximate surface area is 109 Å². The van der Waals surface area contributed by atoms with Gasteiger partial charge in [-0.2, -0.15) is 24.9 Å². The van der Waals surface area contributed by atoms with Crippen LogP contribution in [0.5, 0.6) is 0 Å². The largest absolute Gasteiger partial charge is 0.433 e. The highest BCUT2D eigenvalue weighted by atomic mass is 32.2. The predicted molar refractivity (Wildman–Crippen MR) is 67.7 cm³/mol. The monoisotopic (exact) mass is 279 g/mol. The van der Waals surface area contributed by atoms with Gasteiger partial charge in [0.2, 0.25) is 5.95 Å². The molecule has 1 atom stereocenters. The molecule has 3 nitrogen and oxygen atoms in total. The van der Waals surface area contributed by atoms with Crippen molar-refractivity contribution in [1.29, 1.82) is 0 Å². The van der Waals surface area contributed by atoms with E-state index < -0.39 is 11.9 Å². The molecule has 1 aromatic heterocycles. The molecule has 0 amide bonds. The van der Waals surface area contributed by atoms with Crippen molar-refractivity contribution in [3.05, 3.63) is 18.0 Å². The highest BCUT2D eigenvalue weighted by Gasteiger charge is 2.32. The lowest BCUT2D eigenvalue weighted by Crippen LogP contribution is -2.19. The van der Waals surface area contributed by atoms with E-state index in [9.17, 15) is 13.2 Å². The fourth-order valence-electron chi connectivity index (χ4n) is 1.28. The Bertz CT molecular complexity index is 371. The molecular weight excluding hydrogens is 263 g/mol. The number of alkyl halides is 3. The highest BCUT2D eigenvalue weighted by molar-refractivity contribution is 7.99. The van der Waals surface area contributed by atoms with Crippen LogP contribution in [0.2, 0.25) is 0 Å². The molecule has 0 fully saturated rings. The molecule has 0 aliphatic carbocycles. The Hall–Kier alpha value is -0.980. The number of hydrogen-bond donors (Lipinski definition) is 1. The van der Waals surface area contributed by atoms with E-state index in [4.69, 9.17) is 0 Å². The topological polar surface area (TPSA) is 37.8 Å². The standard InChI is InChI=1S/C11H16F3N3S/c1-3-18-7-5-8(2)16-10-15-6-4-9(17-10)11(12,13)14/h4,6,8H,3,5,7H2,1-2H3,(H,15,16,17). The summed E-state index contributed by atoms with van der Waals surface area (Å²) in [5.74, 6) is 2.02. The maximum atomic E-state index is 12.4. The van der Waals surface area contributed by atoms with Crippen molar-refractivity contribution in [2.75, 3.05) is 16.8 Å². The van der Waals surface area contributed by atoms with Crippen LogP contribution in [0, 0.1) is 0 Å². The van der Waals surface area contributed by atoms with E-state index in [1.54, 1.807) is 11.8 Å². The lowest BCUT2D eigenvalue weighted by Gasteiger charge is -2.14. The summed E-state index contributed by atoms with van der Waals surface area (Å²) in [7, 11) is 0. The smallest absolute Gasteiger partial charge is 0.352 e. The second-order valence-electron chi connectivity index (χ2n) is 3.79. The second kappa shape index (κ2) is 6.82. The second-order valence-corrected chi connectivity index (χ2v) is 5.19. The SMILES string of the molecule is CCSCCC(C)Nc1nccc(C(F)(F)F)n1. The van der Waals surface area contributed by atoms with Crippen LogP contribution in [0.3, 0.4) is 0 Å². The molecule has 0 spiro atoms. The van der Waals surface area contributed by atoms with Gasteiger partial charge in [-0.1, -0.05) is 6.92 Å². The molecule has 7 heteroatoms. The Kier molecular flexibility index (Phi) is 5.71. The van der Waals surface area contributed by atoms with Crippen LogP contribution < -0.4 is 5.32 Å². The van der Waals surface area contributed by atoms with E-state index in [1.807, 2.05) is 6.92 Å². The average molecular weight is 279 g/mol. The number of nitrogens with one attached hydrogen (secondary N) is 1. The maximum absolute atomic E-state index is 12.4. The van der Waals surface area contributed by atoms with Gasteiger partial charge >= 0.3 is 6.18 Å². The van der Waals surface area contributed by atoms with Gasteiger partial charge in [-0.15, -0.1) is 0 Å². The van der Waals surface area contributed by atoms with Crippen molar-refractivity contribution in [2.24, 2.45) is 0 Å². The third kappa shape index (κ3) is 5.12. The summed E-state index contributed by atoms with van der Waals surface area (Å²) in [6.07, 6.45) is -2.45. The molecule has 1 N–H and O–H groups in total. The minimum atomic E-state index is -4.43. The number of aromatic nitrogens is 2. The number of thioether (sulfide) groups is 1. The molecule has 0 bridgehead atoms. The molecule has 0 saturated heterocycles. The molecule has 0 saturated carbocycles. The summed E-state index contributed by atoms with van der Waals surface area (Å²) < 4.78 is 37.3. The van der Waals surface area contributed by atoms with Crippen LogP contribution in [0.15, 0.2) is 12.3 Å². The maximum Gasteiger partial charge on any atom is 0.433 e. The molecule has 0 aliphatic heterocycles. The quantitative estimate of drug-likeness (QED) is 0.809. The van der Waals surface area contributed by atoms with Gasteiger partial charge in [0.05, 0.1) is 0 Å². The van der Waals surface area contributed by atoms with Crippen LogP contribution in [0.4, 0.5) is 19.1 Å². The third-order valence-corrected chi connectivity index (χ3v) is 3.15. The summed E-state index contributed by atoms with van der Waals surface area (Å²) in [5, 5.41) is 2.88. The summed E-state index contributed by atoms with van der Waals surface area (Å²) in [4.78, 5) is 7.25. The van der Waals surface area contributed by atoms with Gasteiger partial charge in [0.25, 0.3) is 0 Å². The number of anilines is 1. The van der Waals surface area contributed by atoms with E-state index >= 15 is 0 Å². The fourth-order valence-corrected chi connectivity index (χ4v) is 2.09. The first kappa shape index (κ1) is 15.1. The minimum absolute atomic E-state index is 0.0267. The Morgan fingerprint density at radius 3 is 2.78 bits per heavy atom. The highest BCUT2D eigenvalue weighted by Crippen LogP contribution is 2.27. The van der Waals surface area contributed by atoms with Crippen molar-refractivity contribution in [3.63, 3.8) is 0 Å². The summed E-state index contributed by atoms with van der Waals surface area (Å²) in [6, 6.07) is 0.913. The fraction of sp³-hybridized carbons (Fsp3) is 0.636. The first-order valence-electron chi connectivity index (χ1n) is 5.68. The zero-order valence-corrected chi connectivity index (χ0v) is 11.1. The minimum Gasteiger partial charge on any atom is -0.352 e. The summed E-state index contributed by atoms with van der Waals surface area (Å²) >= 11 is 1.79. The van der Waals surface area contributed by atoms with Crippen molar-refractivity contribution in [1.82, 2.24) is 9.97 Å². The van der Waals surface area contributed by atoms with Gasteiger partial charge in [-0.25, -0.2) is 9.97 Å². The van der Waals surface area contributed by atoms with Crippen LogP contribution >= 0.6 is 11.8 Å². The van der Waals surface area contributed by atoms with Crippen molar-refractivity contribution >= 4 is 17.7 Å². The van der Waals surface area contributed by atoms with E-state index in [0.717, 1.165) is 30.2 Å². The number of rotatable bonds is 6. The summed E-state index contributed by atoms with van der Waals surface area (Å²) in [6.45, 7) is 3.97. The number of nitrogens with zero attached hydrogens (tertiary/aromatic N) is 2. The van der Waals surface area contributed by atoms with Crippen LogP contribution in [0.25, 0.3) is 0 Å². The molecule has 1 aromatic rings. The molecule has 1 heterocycles. The van der Waals surface area contributed by atoms with Gasteiger partial charge in [-0.3, -0.25) is 0 Å². The van der Waals surface area contributed by atoms with Gasteiger partial charge in [0.15, 0.2) is 0 Å². The molecule has 0 radical (unpaired) electrons. The first-order valence-corrected chi connectivity index (χ1v) is 6.83. The van der Waals surface area contributed by atoms with Crippen LogP contribution in [-0.2, 0) is 6.18 Å². The Morgan fingerprint density at radius 1 is 1.44 bits per heavy atom. The average Bonchev–Trinajstić information content (AvgIpc) is 2.28. The normalized spacial score (nSPS) is 13.4. The van der Waals surface area contributed by atoms with E-state index in [2.05, 4.69) is 22.2 Å². The third-order valence-electron chi connectivity index (χ3n) is 2.22. The first-order chi connectivity index (χ1) is 8.43. The number of halogens is 3. The zero-order chi connectivity index (χ0) is 13.6. The zero-order valence-electron chi connectivity index (χ0n) is 10.3. The lowest BCUT2D eigenvalue weighted by molar-refractivity contribution is -0.141. The van der Waals surface area contributed by atoms with Gasteiger partial charge < -0.3 is 5.32 Å². The van der Waals surface area contributed by atoms with Gasteiger partial charge in [-0.05, 0) is 30.9 Å². The molecule has 0 aromatic carbocycles. The van der Waals surface area contributed by atoms with Crippen molar-refractivity contribution < 1.29 is 13.2 Å². The van der Waals surface area contributed by atoms with Crippen molar-refractivity contribution in [3.8, 4) is 0 Å². The molecule has 102 valence electrons. The molecule has 1 rings (SSSR count). The van der Waals surface area contributed by atoms with Crippen LogP contribution in [0.1, 0.15) is 26.0 Å². The number of hydrogen-bond acceptors (Lipinski definition) is 4. The molecule has 0 aliphatic rings. The Balaban J connectivity index is 2.57. The van der Waals surface area contributed by atoms with E-state index in [1.165, 1.54) is 0 Å². The van der Waals surface area contributed by atoms with E-state index in [0.29, 0.717) is 0 Å².